The minimum atomic E-state index is -0.797. The lowest BCUT2D eigenvalue weighted by molar-refractivity contribution is 0.0549. The fraction of sp³-hybridized carbons (Fsp3) is 0.308. The van der Waals surface area contributed by atoms with Crippen LogP contribution >= 0.6 is 0 Å². The topological polar surface area (TPSA) is 88.1 Å². The van der Waals surface area contributed by atoms with Gasteiger partial charge in [0.2, 0.25) is 0 Å². The SMILES string of the molecule is COC(=O)c1cc(OC)c(C(=O)OC)c(C(=O)OC)c1. The van der Waals surface area contributed by atoms with Gasteiger partial charge in [-0.15, -0.1) is 0 Å². The molecule has 1 rings (SSSR count). The van der Waals surface area contributed by atoms with Gasteiger partial charge in [-0.05, 0) is 12.1 Å². The molecule has 0 saturated heterocycles. The van der Waals surface area contributed by atoms with Crippen molar-refractivity contribution in [1.82, 2.24) is 0 Å². The Balaban J connectivity index is 3.59. The van der Waals surface area contributed by atoms with E-state index in [-0.39, 0.29) is 22.4 Å². The van der Waals surface area contributed by atoms with Crippen molar-refractivity contribution >= 4 is 17.9 Å². The minimum absolute atomic E-state index is 0.0140. The van der Waals surface area contributed by atoms with Crippen LogP contribution in [0.5, 0.6) is 5.75 Å². The van der Waals surface area contributed by atoms with Gasteiger partial charge in [-0.25, -0.2) is 14.4 Å². The highest BCUT2D eigenvalue weighted by atomic mass is 16.5. The molecule has 0 amide bonds. The molecule has 1 aromatic rings. The molecular formula is C13H14O7. The number of benzene rings is 1. The van der Waals surface area contributed by atoms with Crippen LogP contribution in [-0.4, -0.2) is 46.3 Å². The second kappa shape index (κ2) is 6.55. The first-order valence-corrected chi connectivity index (χ1v) is 5.47. The van der Waals surface area contributed by atoms with Crippen LogP contribution in [0.4, 0.5) is 0 Å². The molecule has 0 aliphatic carbocycles. The van der Waals surface area contributed by atoms with Crippen molar-refractivity contribution in [3.63, 3.8) is 0 Å². The lowest BCUT2D eigenvalue weighted by Crippen LogP contribution is -2.15. The zero-order valence-corrected chi connectivity index (χ0v) is 11.5. The number of ether oxygens (including phenoxy) is 4. The van der Waals surface area contributed by atoms with Crippen molar-refractivity contribution < 1.29 is 33.3 Å². The summed E-state index contributed by atoms with van der Waals surface area (Å²) < 4.78 is 18.8. The number of hydrogen-bond acceptors (Lipinski definition) is 7. The van der Waals surface area contributed by atoms with Crippen molar-refractivity contribution in [2.24, 2.45) is 0 Å². The molecule has 7 heteroatoms. The summed E-state index contributed by atoms with van der Waals surface area (Å²) in [6, 6.07) is 2.47. The van der Waals surface area contributed by atoms with E-state index >= 15 is 0 Å². The van der Waals surface area contributed by atoms with Crippen LogP contribution in [0.3, 0.4) is 0 Å². The Bertz CT molecular complexity index is 548. The van der Waals surface area contributed by atoms with E-state index in [1.807, 2.05) is 0 Å². The third-order valence-corrected chi connectivity index (χ3v) is 2.54. The van der Waals surface area contributed by atoms with E-state index in [0.29, 0.717) is 0 Å². The van der Waals surface area contributed by atoms with Gasteiger partial charge >= 0.3 is 17.9 Å². The molecule has 0 saturated carbocycles. The fourth-order valence-electron chi connectivity index (χ4n) is 1.60. The number of rotatable bonds is 4. The molecule has 0 atom stereocenters. The third kappa shape index (κ3) is 2.87. The van der Waals surface area contributed by atoms with Gasteiger partial charge in [-0.2, -0.15) is 0 Å². The molecule has 0 radical (unpaired) electrons. The fourth-order valence-corrected chi connectivity index (χ4v) is 1.60. The minimum Gasteiger partial charge on any atom is -0.496 e. The van der Waals surface area contributed by atoms with Crippen molar-refractivity contribution in [3.05, 3.63) is 28.8 Å². The number of esters is 3. The number of hydrogen-bond donors (Lipinski definition) is 0. The van der Waals surface area contributed by atoms with E-state index in [4.69, 9.17) is 4.74 Å². The Hall–Kier alpha value is -2.57. The summed E-state index contributed by atoms with van der Waals surface area (Å²) in [5, 5.41) is 0. The smallest absolute Gasteiger partial charge is 0.342 e. The van der Waals surface area contributed by atoms with Gasteiger partial charge < -0.3 is 18.9 Å². The Labute approximate surface area is 115 Å². The van der Waals surface area contributed by atoms with E-state index in [1.54, 1.807) is 0 Å². The summed E-state index contributed by atoms with van der Waals surface area (Å²) in [4.78, 5) is 35.1. The van der Waals surface area contributed by atoms with Crippen LogP contribution in [0.15, 0.2) is 12.1 Å². The molecule has 0 heterocycles. The van der Waals surface area contributed by atoms with E-state index in [0.717, 1.165) is 14.2 Å². The first-order chi connectivity index (χ1) is 9.49. The first-order valence-electron chi connectivity index (χ1n) is 5.47. The van der Waals surface area contributed by atoms with Crippen LogP contribution in [0.1, 0.15) is 31.1 Å². The van der Waals surface area contributed by atoms with Gasteiger partial charge in [0.15, 0.2) is 0 Å². The van der Waals surface area contributed by atoms with Crippen LogP contribution in [0.2, 0.25) is 0 Å². The molecule has 1 aromatic carbocycles. The Morgan fingerprint density at radius 1 is 0.800 bits per heavy atom. The zero-order chi connectivity index (χ0) is 15.3. The normalized spacial score (nSPS) is 9.60. The zero-order valence-electron chi connectivity index (χ0n) is 11.5. The lowest BCUT2D eigenvalue weighted by atomic mass is 10.0. The van der Waals surface area contributed by atoms with Gasteiger partial charge in [0, 0.05) is 0 Å². The van der Waals surface area contributed by atoms with E-state index in [1.165, 1.54) is 26.4 Å². The maximum atomic E-state index is 11.8. The Kier molecular flexibility index (Phi) is 5.08. The quantitative estimate of drug-likeness (QED) is 0.602. The standard InChI is InChI=1S/C13H14O7/c1-17-9-6-7(11(14)18-2)5-8(12(15)19-3)10(9)13(16)20-4/h5-6H,1-4H3. The van der Waals surface area contributed by atoms with Gasteiger partial charge in [-0.3, -0.25) is 0 Å². The molecule has 0 N–H and O–H groups in total. The second-order valence-corrected chi connectivity index (χ2v) is 3.58. The summed E-state index contributed by atoms with van der Waals surface area (Å²) >= 11 is 0. The highest BCUT2D eigenvalue weighted by Gasteiger charge is 2.26. The van der Waals surface area contributed by atoms with Crippen molar-refractivity contribution in [2.45, 2.75) is 0 Å². The molecule has 7 nitrogen and oxygen atoms in total. The Morgan fingerprint density at radius 3 is 1.80 bits per heavy atom. The molecule has 0 bridgehead atoms. The number of carbonyl (C=O) groups excluding carboxylic acids is 3. The molecule has 108 valence electrons. The number of carbonyl (C=O) groups is 3. The van der Waals surface area contributed by atoms with Crippen LogP contribution < -0.4 is 4.74 Å². The third-order valence-electron chi connectivity index (χ3n) is 2.54. The predicted molar refractivity (Wildman–Crippen MR) is 67.0 cm³/mol. The number of methoxy groups -OCH3 is 4. The lowest BCUT2D eigenvalue weighted by Gasteiger charge is -2.12. The van der Waals surface area contributed by atoms with Gasteiger partial charge in [0.1, 0.15) is 11.3 Å². The summed E-state index contributed by atoms with van der Waals surface area (Å²) in [6.45, 7) is 0. The van der Waals surface area contributed by atoms with Crippen molar-refractivity contribution in [3.8, 4) is 5.75 Å². The molecule has 0 unspecified atom stereocenters. The van der Waals surface area contributed by atoms with Crippen LogP contribution in [-0.2, 0) is 14.2 Å². The van der Waals surface area contributed by atoms with Crippen molar-refractivity contribution in [1.29, 1.82) is 0 Å². The Morgan fingerprint density at radius 2 is 1.35 bits per heavy atom. The van der Waals surface area contributed by atoms with E-state index in [9.17, 15) is 14.4 Å². The van der Waals surface area contributed by atoms with E-state index in [2.05, 4.69) is 14.2 Å². The van der Waals surface area contributed by atoms with E-state index < -0.39 is 17.9 Å². The molecule has 0 fully saturated rings. The maximum Gasteiger partial charge on any atom is 0.342 e. The predicted octanol–water partition coefficient (Wildman–Crippen LogP) is 1.05. The average molecular weight is 282 g/mol. The summed E-state index contributed by atoms with van der Waals surface area (Å²) in [7, 11) is 4.81. The summed E-state index contributed by atoms with van der Waals surface area (Å²) in [6.07, 6.45) is 0. The first kappa shape index (κ1) is 15.5. The van der Waals surface area contributed by atoms with Crippen LogP contribution in [0, 0.1) is 0 Å². The monoisotopic (exact) mass is 282 g/mol. The summed E-state index contributed by atoms with van der Waals surface area (Å²) in [5.74, 6) is -2.24. The molecule has 0 spiro atoms. The molecule has 0 aliphatic rings. The molecule has 0 aliphatic heterocycles. The summed E-state index contributed by atoms with van der Waals surface area (Å²) in [5.41, 5.74) is -0.203. The van der Waals surface area contributed by atoms with Gasteiger partial charge in [-0.1, -0.05) is 0 Å². The highest BCUT2D eigenvalue weighted by Crippen LogP contribution is 2.26. The van der Waals surface area contributed by atoms with Crippen molar-refractivity contribution in [2.75, 3.05) is 28.4 Å². The largest absolute Gasteiger partial charge is 0.496 e. The van der Waals surface area contributed by atoms with Gasteiger partial charge in [0.05, 0.1) is 39.6 Å². The molecule has 20 heavy (non-hydrogen) atoms. The second-order valence-electron chi connectivity index (χ2n) is 3.58. The average Bonchev–Trinajstić information content (AvgIpc) is 2.50. The molecule has 0 aromatic heterocycles. The molecular weight excluding hydrogens is 268 g/mol. The van der Waals surface area contributed by atoms with Crippen LogP contribution in [0.25, 0.3) is 0 Å². The van der Waals surface area contributed by atoms with Gasteiger partial charge in [0.25, 0.3) is 0 Å². The highest BCUT2D eigenvalue weighted by molar-refractivity contribution is 6.07. The maximum absolute atomic E-state index is 11.8.